The van der Waals surface area contributed by atoms with E-state index in [1.807, 2.05) is 0 Å². The second kappa shape index (κ2) is 5.48. The maximum atomic E-state index is 13.7. The van der Waals surface area contributed by atoms with E-state index >= 15 is 0 Å². The molecule has 0 fully saturated rings. The minimum atomic E-state index is -1.57. The van der Waals surface area contributed by atoms with Gasteiger partial charge in [-0.25, -0.2) is 9.18 Å². The standard InChI is InChI=1S/C11H9FN4O4S/c1-5-13-14-11(15(5)2)21-9-4-7(12)6(10(17)18)3-8(9)16(19)20/h3-4H,1-2H3,(H,17,18). The number of nitro groups is 1. The monoisotopic (exact) mass is 312 g/mol. The van der Waals surface area contributed by atoms with Crippen molar-refractivity contribution >= 4 is 23.4 Å². The molecule has 0 unspecified atom stereocenters. The van der Waals surface area contributed by atoms with Gasteiger partial charge < -0.3 is 9.67 Å². The molecule has 8 nitrogen and oxygen atoms in total. The van der Waals surface area contributed by atoms with Crippen LogP contribution in [-0.2, 0) is 7.05 Å². The number of rotatable bonds is 4. The summed E-state index contributed by atoms with van der Waals surface area (Å²) >= 11 is 0.839. The Balaban J connectivity index is 2.52. The van der Waals surface area contributed by atoms with Crippen LogP contribution in [0.25, 0.3) is 0 Å². The van der Waals surface area contributed by atoms with Crippen LogP contribution in [0.15, 0.2) is 22.2 Å². The SMILES string of the molecule is Cc1nnc(Sc2cc(F)c(C(=O)O)cc2[N+](=O)[O-])n1C. The molecular weight excluding hydrogens is 303 g/mol. The van der Waals surface area contributed by atoms with Gasteiger partial charge in [-0.05, 0) is 24.8 Å². The maximum absolute atomic E-state index is 13.7. The Morgan fingerprint density at radius 1 is 1.48 bits per heavy atom. The maximum Gasteiger partial charge on any atom is 0.338 e. The first-order chi connectivity index (χ1) is 9.81. The van der Waals surface area contributed by atoms with E-state index in [2.05, 4.69) is 10.2 Å². The van der Waals surface area contributed by atoms with Crippen molar-refractivity contribution in [2.24, 2.45) is 7.05 Å². The number of nitro benzene ring substituents is 1. The fourth-order valence-electron chi connectivity index (χ4n) is 1.51. The Morgan fingerprint density at radius 2 is 2.14 bits per heavy atom. The van der Waals surface area contributed by atoms with Crippen molar-refractivity contribution < 1.29 is 19.2 Å². The van der Waals surface area contributed by atoms with Crippen LogP contribution < -0.4 is 0 Å². The molecule has 0 aliphatic carbocycles. The highest BCUT2D eigenvalue weighted by molar-refractivity contribution is 7.99. The zero-order valence-corrected chi connectivity index (χ0v) is 11.7. The molecule has 0 spiro atoms. The third-order valence-corrected chi connectivity index (χ3v) is 3.81. The van der Waals surface area contributed by atoms with Crippen molar-refractivity contribution in [1.82, 2.24) is 14.8 Å². The van der Waals surface area contributed by atoms with Crippen molar-refractivity contribution in [3.05, 3.63) is 39.5 Å². The molecule has 0 atom stereocenters. The Bertz CT molecular complexity index is 746. The molecule has 2 rings (SSSR count). The van der Waals surface area contributed by atoms with Crippen molar-refractivity contribution in [2.75, 3.05) is 0 Å². The molecule has 0 aliphatic heterocycles. The lowest BCUT2D eigenvalue weighted by atomic mass is 10.2. The summed E-state index contributed by atoms with van der Waals surface area (Å²) in [6.45, 7) is 1.69. The molecule has 0 saturated heterocycles. The minimum absolute atomic E-state index is 0.0435. The van der Waals surface area contributed by atoms with E-state index in [0.717, 1.165) is 17.8 Å². The first-order valence-corrected chi connectivity index (χ1v) is 6.38. The number of hydrogen-bond acceptors (Lipinski definition) is 6. The van der Waals surface area contributed by atoms with Gasteiger partial charge in [0, 0.05) is 13.1 Å². The van der Waals surface area contributed by atoms with Crippen LogP contribution >= 0.6 is 11.8 Å². The van der Waals surface area contributed by atoms with Crippen LogP contribution in [0.2, 0.25) is 0 Å². The summed E-state index contributed by atoms with van der Waals surface area (Å²) in [4.78, 5) is 21.0. The van der Waals surface area contributed by atoms with E-state index in [1.165, 1.54) is 0 Å². The number of nitrogens with zero attached hydrogens (tertiary/aromatic N) is 4. The molecule has 2 aromatic rings. The lowest BCUT2D eigenvalue weighted by molar-refractivity contribution is -0.387. The van der Waals surface area contributed by atoms with Crippen molar-refractivity contribution in [3.8, 4) is 0 Å². The van der Waals surface area contributed by atoms with Gasteiger partial charge in [0.15, 0.2) is 5.16 Å². The zero-order valence-electron chi connectivity index (χ0n) is 10.9. The fourth-order valence-corrected chi connectivity index (χ4v) is 2.45. The molecule has 1 aromatic carbocycles. The quantitative estimate of drug-likeness (QED) is 0.679. The van der Waals surface area contributed by atoms with Gasteiger partial charge in [0.2, 0.25) is 0 Å². The molecule has 110 valence electrons. The number of carboxylic acid groups (broad SMARTS) is 1. The van der Waals surface area contributed by atoms with Gasteiger partial charge in [0.1, 0.15) is 17.2 Å². The van der Waals surface area contributed by atoms with Crippen LogP contribution in [0.4, 0.5) is 10.1 Å². The van der Waals surface area contributed by atoms with Crippen molar-refractivity contribution in [2.45, 2.75) is 17.0 Å². The molecular formula is C11H9FN4O4S. The average Bonchev–Trinajstić information content (AvgIpc) is 2.70. The van der Waals surface area contributed by atoms with Crippen LogP contribution in [0.5, 0.6) is 0 Å². The number of benzene rings is 1. The third-order valence-electron chi connectivity index (χ3n) is 2.73. The molecule has 0 radical (unpaired) electrons. The third kappa shape index (κ3) is 2.84. The Hall–Kier alpha value is -2.49. The number of carboxylic acids is 1. The summed E-state index contributed by atoms with van der Waals surface area (Å²) in [7, 11) is 1.66. The normalized spacial score (nSPS) is 10.6. The van der Waals surface area contributed by atoms with Crippen LogP contribution in [0, 0.1) is 22.9 Å². The lowest BCUT2D eigenvalue weighted by Crippen LogP contribution is -2.03. The Labute approximate surface area is 121 Å². The molecule has 1 N–H and O–H groups in total. The van der Waals surface area contributed by atoms with Crippen LogP contribution in [0.1, 0.15) is 16.2 Å². The van der Waals surface area contributed by atoms with Gasteiger partial charge >= 0.3 is 5.97 Å². The molecule has 0 bridgehead atoms. The highest BCUT2D eigenvalue weighted by atomic mass is 32.2. The Kier molecular flexibility index (Phi) is 3.89. The van der Waals surface area contributed by atoms with Crippen molar-refractivity contribution in [3.63, 3.8) is 0 Å². The van der Waals surface area contributed by atoms with E-state index in [1.54, 1.807) is 18.5 Å². The predicted octanol–water partition coefficient (Wildman–Crippen LogP) is 2.02. The van der Waals surface area contributed by atoms with E-state index in [0.29, 0.717) is 17.0 Å². The van der Waals surface area contributed by atoms with Gasteiger partial charge in [0.25, 0.3) is 5.69 Å². The first-order valence-electron chi connectivity index (χ1n) is 5.56. The summed E-state index contributed by atoms with van der Waals surface area (Å²) in [5.74, 6) is -2.03. The number of halogens is 1. The van der Waals surface area contributed by atoms with Gasteiger partial charge in [-0.3, -0.25) is 10.1 Å². The number of hydrogen-bond donors (Lipinski definition) is 1. The summed E-state index contributed by atoms with van der Waals surface area (Å²) in [6, 6.07) is 1.51. The highest BCUT2D eigenvalue weighted by Gasteiger charge is 2.23. The van der Waals surface area contributed by atoms with E-state index in [4.69, 9.17) is 5.11 Å². The lowest BCUT2D eigenvalue weighted by Gasteiger charge is -2.05. The second-order valence-electron chi connectivity index (χ2n) is 4.05. The van der Waals surface area contributed by atoms with Gasteiger partial charge in [-0.2, -0.15) is 0 Å². The molecule has 0 amide bonds. The molecule has 0 aliphatic rings. The minimum Gasteiger partial charge on any atom is -0.478 e. The van der Waals surface area contributed by atoms with E-state index < -0.39 is 28.0 Å². The molecule has 10 heteroatoms. The summed E-state index contributed by atoms with van der Waals surface area (Å²) in [6.07, 6.45) is 0. The summed E-state index contributed by atoms with van der Waals surface area (Å²) in [5, 5.41) is 27.8. The van der Waals surface area contributed by atoms with Gasteiger partial charge in [-0.15, -0.1) is 10.2 Å². The van der Waals surface area contributed by atoms with Gasteiger partial charge in [-0.1, -0.05) is 0 Å². The number of aryl methyl sites for hydroxylation is 1. The Morgan fingerprint density at radius 3 is 2.62 bits per heavy atom. The molecule has 1 heterocycles. The molecule has 0 saturated carbocycles. The summed E-state index contributed by atoms with van der Waals surface area (Å²) in [5.41, 5.74) is -1.25. The predicted molar refractivity (Wildman–Crippen MR) is 69.9 cm³/mol. The van der Waals surface area contributed by atoms with Crippen LogP contribution in [0.3, 0.4) is 0 Å². The first kappa shape index (κ1) is 14.9. The highest BCUT2D eigenvalue weighted by Crippen LogP contribution is 2.35. The van der Waals surface area contributed by atoms with Crippen LogP contribution in [-0.4, -0.2) is 30.8 Å². The fraction of sp³-hybridized carbons (Fsp3) is 0.182. The number of aromatic nitrogens is 3. The summed E-state index contributed by atoms with van der Waals surface area (Å²) < 4.78 is 15.3. The average molecular weight is 312 g/mol. The topological polar surface area (TPSA) is 111 Å². The van der Waals surface area contributed by atoms with E-state index in [-0.39, 0.29) is 4.90 Å². The van der Waals surface area contributed by atoms with Crippen molar-refractivity contribution in [1.29, 1.82) is 0 Å². The zero-order chi connectivity index (χ0) is 15.7. The smallest absolute Gasteiger partial charge is 0.338 e. The number of carbonyl (C=O) groups is 1. The number of aromatic carboxylic acids is 1. The van der Waals surface area contributed by atoms with E-state index in [9.17, 15) is 19.3 Å². The largest absolute Gasteiger partial charge is 0.478 e. The molecule has 1 aromatic heterocycles. The van der Waals surface area contributed by atoms with Gasteiger partial charge in [0.05, 0.1) is 9.82 Å². The second-order valence-corrected chi connectivity index (χ2v) is 5.06. The molecule has 21 heavy (non-hydrogen) atoms.